The molecule has 2 aromatic rings. The third-order valence-electron chi connectivity index (χ3n) is 5.45. The van der Waals surface area contributed by atoms with E-state index >= 15 is 0 Å². The summed E-state index contributed by atoms with van der Waals surface area (Å²) >= 11 is 0. The zero-order valence-corrected chi connectivity index (χ0v) is 17.3. The second-order valence-electron chi connectivity index (χ2n) is 7.73. The zero-order chi connectivity index (χ0) is 23.1. The molecule has 1 aliphatic heterocycles. The number of aliphatic carboxylic acids is 1. The van der Waals surface area contributed by atoms with E-state index in [1.807, 2.05) is 17.0 Å². The lowest BCUT2D eigenvalue weighted by molar-refractivity contribution is -0.192. The molecule has 11 heteroatoms. The molecular formula is C21H24F3N3O5. The van der Waals surface area contributed by atoms with Crippen molar-refractivity contribution in [2.75, 3.05) is 6.54 Å². The lowest BCUT2D eigenvalue weighted by Gasteiger charge is -2.27. The molecule has 174 valence electrons. The lowest BCUT2D eigenvalue weighted by atomic mass is 10.0. The monoisotopic (exact) mass is 455 g/mol. The molecule has 3 heterocycles. The fourth-order valence-corrected chi connectivity index (χ4v) is 3.76. The minimum Gasteiger partial charge on any atom is -0.486 e. The van der Waals surface area contributed by atoms with Crippen molar-refractivity contribution in [2.45, 2.75) is 57.9 Å². The number of pyridine rings is 1. The van der Waals surface area contributed by atoms with Gasteiger partial charge in [0.15, 0.2) is 0 Å². The fourth-order valence-electron chi connectivity index (χ4n) is 3.76. The first kappa shape index (κ1) is 23.6. The number of hydrogen-bond acceptors (Lipinski definition) is 6. The van der Waals surface area contributed by atoms with Crippen LogP contribution in [0.5, 0.6) is 5.75 Å². The van der Waals surface area contributed by atoms with Crippen LogP contribution in [0.15, 0.2) is 29.0 Å². The van der Waals surface area contributed by atoms with E-state index in [1.54, 1.807) is 12.4 Å². The Bertz CT molecular complexity index is 911. The van der Waals surface area contributed by atoms with Crippen molar-refractivity contribution < 1.29 is 37.1 Å². The van der Waals surface area contributed by atoms with Gasteiger partial charge in [-0.2, -0.15) is 13.2 Å². The van der Waals surface area contributed by atoms with Crippen LogP contribution in [-0.2, 0) is 29.2 Å². The number of halogens is 3. The van der Waals surface area contributed by atoms with E-state index < -0.39 is 12.1 Å². The molecule has 1 N–H and O–H groups in total. The van der Waals surface area contributed by atoms with Gasteiger partial charge in [-0.25, -0.2) is 4.79 Å². The van der Waals surface area contributed by atoms with Crippen molar-refractivity contribution in [1.29, 1.82) is 0 Å². The minimum absolute atomic E-state index is 0.262. The molecule has 1 amide bonds. The maximum atomic E-state index is 12.6. The first-order valence-electron chi connectivity index (χ1n) is 10.3. The Morgan fingerprint density at radius 1 is 1.28 bits per heavy atom. The van der Waals surface area contributed by atoms with Gasteiger partial charge in [0.25, 0.3) is 0 Å². The van der Waals surface area contributed by atoms with Gasteiger partial charge in [0.2, 0.25) is 5.91 Å². The normalized spacial score (nSPS) is 16.2. The Kier molecular flexibility index (Phi) is 7.70. The molecule has 0 atom stereocenters. The molecule has 1 fully saturated rings. The van der Waals surface area contributed by atoms with E-state index in [4.69, 9.17) is 19.2 Å². The zero-order valence-electron chi connectivity index (χ0n) is 17.3. The number of rotatable bonds is 5. The van der Waals surface area contributed by atoms with Crippen LogP contribution in [0.25, 0.3) is 0 Å². The van der Waals surface area contributed by atoms with Crippen LogP contribution in [-0.4, -0.2) is 44.7 Å². The number of nitrogens with zero attached hydrogens (tertiary/aromatic N) is 3. The molecule has 0 aromatic carbocycles. The van der Waals surface area contributed by atoms with Crippen LogP contribution >= 0.6 is 0 Å². The number of carbonyl (C=O) groups excluding carboxylic acids is 1. The lowest BCUT2D eigenvalue weighted by Crippen LogP contribution is -2.36. The van der Waals surface area contributed by atoms with Gasteiger partial charge in [0.1, 0.15) is 23.8 Å². The molecule has 1 aliphatic carbocycles. The number of carboxylic acids is 1. The first-order chi connectivity index (χ1) is 15.2. The largest absolute Gasteiger partial charge is 0.490 e. The number of hydrogen-bond donors (Lipinski definition) is 1. The Hall–Kier alpha value is -3.11. The summed E-state index contributed by atoms with van der Waals surface area (Å²) in [7, 11) is 0. The number of fused-ring (bicyclic) bond motifs is 1. The predicted octanol–water partition coefficient (Wildman–Crippen LogP) is 3.75. The Morgan fingerprint density at radius 2 is 2.00 bits per heavy atom. The molecule has 0 bridgehead atoms. The molecule has 1 saturated carbocycles. The summed E-state index contributed by atoms with van der Waals surface area (Å²) < 4.78 is 42.9. The number of carbonyl (C=O) groups is 2. The highest BCUT2D eigenvalue weighted by Crippen LogP contribution is 2.30. The predicted molar refractivity (Wildman–Crippen MR) is 104 cm³/mol. The summed E-state index contributed by atoms with van der Waals surface area (Å²) in [5, 5.41) is 11.3. The molecule has 8 nitrogen and oxygen atoms in total. The summed E-state index contributed by atoms with van der Waals surface area (Å²) in [5.41, 5.74) is 1.78. The van der Waals surface area contributed by atoms with Crippen molar-refractivity contribution in [3.8, 4) is 5.75 Å². The minimum atomic E-state index is -5.08. The number of alkyl halides is 3. The topological polar surface area (TPSA) is 106 Å². The number of amides is 1. The van der Waals surface area contributed by atoms with E-state index in [0.717, 1.165) is 30.0 Å². The molecule has 32 heavy (non-hydrogen) atoms. The van der Waals surface area contributed by atoms with Gasteiger partial charge in [-0.1, -0.05) is 18.0 Å². The van der Waals surface area contributed by atoms with E-state index in [1.165, 1.54) is 25.7 Å². The van der Waals surface area contributed by atoms with Crippen molar-refractivity contribution in [3.63, 3.8) is 0 Å². The number of ether oxygens (including phenoxy) is 1. The highest BCUT2D eigenvalue weighted by Gasteiger charge is 2.38. The van der Waals surface area contributed by atoms with Gasteiger partial charge in [0.05, 0.1) is 12.7 Å². The highest BCUT2D eigenvalue weighted by molar-refractivity contribution is 5.76. The van der Waals surface area contributed by atoms with Crippen LogP contribution in [0.2, 0.25) is 0 Å². The van der Waals surface area contributed by atoms with E-state index in [-0.39, 0.29) is 5.91 Å². The second-order valence-corrected chi connectivity index (χ2v) is 7.73. The van der Waals surface area contributed by atoms with E-state index in [9.17, 15) is 18.0 Å². The molecule has 4 rings (SSSR count). The highest BCUT2D eigenvalue weighted by atomic mass is 19.4. The maximum absolute atomic E-state index is 12.6. The summed E-state index contributed by atoms with van der Waals surface area (Å²) in [5.74, 6) is -0.339. The van der Waals surface area contributed by atoms with Gasteiger partial charge in [0, 0.05) is 31.1 Å². The fraction of sp³-hybridized carbons (Fsp3) is 0.524. The third-order valence-corrected chi connectivity index (χ3v) is 5.45. The van der Waals surface area contributed by atoms with Gasteiger partial charge in [-0.05, 0) is 30.9 Å². The van der Waals surface area contributed by atoms with Gasteiger partial charge in [-0.3, -0.25) is 9.78 Å². The van der Waals surface area contributed by atoms with Crippen LogP contribution in [0.4, 0.5) is 13.2 Å². The van der Waals surface area contributed by atoms with E-state index in [0.29, 0.717) is 31.2 Å². The average molecular weight is 455 g/mol. The number of aromatic nitrogens is 2. The van der Waals surface area contributed by atoms with Gasteiger partial charge < -0.3 is 19.3 Å². The van der Waals surface area contributed by atoms with E-state index in [2.05, 4.69) is 10.1 Å². The molecule has 0 radical (unpaired) electrons. The van der Waals surface area contributed by atoms with Crippen LogP contribution < -0.4 is 4.74 Å². The number of carboxylic acid groups (broad SMARTS) is 1. The smallest absolute Gasteiger partial charge is 0.486 e. The van der Waals surface area contributed by atoms with Gasteiger partial charge >= 0.3 is 12.1 Å². The van der Waals surface area contributed by atoms with Crippen LogP contribution in [0, 0.1) is 5.92 Å². The van der Waals surface area contributed by atoms with Gasteiger partial charge in [-0.15, -0.1) is 0 Å². The molecule has 0 unspecified atom stereocenters. The Balaban J connectivity index is 0.000000360. The maximum Gasteiger partial charge on any atom is 0.490 e. The molecule has 0 saturated heterocycles. The molecular weight excluding hydrogens is 431 g/mol. The summed E-state index contributed by atoms with van der Waals surface area (Å²) in [6.07, 6.45) is 4.63. The Morgan fingerprint density at radius 3 is 2.62 bits per heavy atom. The first-order valence-corrected chi connectivity index (χ1v) is 10.3. The molecule has 2 aliphatic rings. The Labute approximate surface area is 182 Å². The molecule has 0 spiro atoms. The van der Waals surface area contributed by atoms with Crippen molar-refractivity contribution >= 4 is 11.9 Å². The average Bonchev–Trinajstić information content (AvgIpc) is 3.42. The summed E-state index contributed by atoms with van der Waals surface area (Å²) in [4.78, 5) is 27.5. The van der Waals surface area contributed by atoms with Crippen molar-refractivity contribution in [2.24, 2.45) is 5.92 Å². The summed E-state index contributed by atoms with van der Waals surface area (Å²) in [6, 6.07) is 3.69. The standard InChI is InChI=1S/C19H23N3O3.C2HF3O2/c23-19(10-14-4-1-2-5-14)22-9-7-18-16(12-22)17(21-25-18)13-24-15-6-3-8-20-11-15;3-2(4,5)1(6)7/h3,6,8,11,14H,1-2,4-5,7,9-10,12-13H2;(H,6,7). The van der Waals surface area contributed by atoms with Crippen molar-refractivity contribution in [1.82, 2.24) is 15.0 Å². The molecule has 2 aromatic heterocycles. The summed E-state index contributed by atoms with van der Waals surface area (Å²) in [6.45, 7) is 1.63. The quantitative estimate of drug-likeness (QED) is 0.732. The SMILES string of the molecule is O=C(CC1CCCC1)N1CCc2onc(COc3cccnc3)c2C1.O=C(O)C(F)(F)F. The second kappa shape index (κ2) is 10.5. The van der Waals surface area contributed by atoms with Crippen LogP contribution in [0.3, 0.4) is 0 Å². The van der Waals surface area contributed by atoms with Crippen molar-refractivity contribution in [3.05, 3.63) is 41.5 Å². The van der Waals surface area contributed by atoms with Crippen LogP contribution in [0.1, 0.15) is 49.1 Å². The third kappa shape index (κ3) is 6.44.